The minimum atomic E-state index is 0.287. The van der Waals surface area contributed by atoms with Crippen molar-refractivity contribution in [2.24, 2.45) is 11.8 Å². The Balaban J connectivity index is 1.70. The number of nitrogens with one attached hydrogen (secondary N) is 1. The Kier molecular flexibility index (Phi) is 3.47. The van der Waals surface area contributed by atoms with E-state index in [2.05, 4.69) is 21.2 Å². The van der Waals surface area contributed by atoms with Gasteiger partial charge in [-0.1, -0.05) is 28.8 Å². The molecule has 0 radical (unpaired) electrons. The average molecular weight is 260 g/mol. The molecule has 3 heteroatoms. The minimum Gasteiger partial charge on any atom is -0.356 e. The summed E-state index contributed by atoms with van der Waals surface area (Å²) in [5, 5.41) is 3.08. The van der Waals surface area contributed by atoms with Crippen molar-refractivity contribution >= 4 is 21.8 Å². The number of hydrogen-bond donors (Lipinski definition) is 1. The molecule has 2 saturated carbocycles. The number of carbonyl (C=O) groups is 1. The van der Waals surface area contributed by atoms with Gasteiger partial charge in [-0.15, -0.1) is 0 Å². The van der Waals surface area contributed by atoms with Crippen LogP contribution >= 0.6 is 15.9 Å². The van der Waals surface area contributed by atoms with Gasteiger partial charge in [0.25, 0.3) is 0 Å². The van der Waals surface area contributed by atoms with E-state index in [4.69, 9.17) is 0 Å². The van der Waals surface area contributed by atoms with Crippen molar-refractivity contribution in [1.29, 1.82) is 0 Å². The van der Waals surface area contributed by atoms with Crippen molar-refractivity contribution in [3.05, 3.63) is 0 Å². The van der Waals surface area contributed by atoms with E-state index < -0.39 is 0 Å². The molecule has 0 bridgehead atoms. The topological polar surface area (TPSA) is 29.1 Å². The third-order valence-electron chi connectivity index (χ3n) is 3.30. The van der Waals surface area contributed by atoms with Crippen LogP contribution < -0.4 is 5.32 Å². The first-order chi connectivity index (χ1) is 6.77. The smallest absolute Gasteiger partial charge is 0.223 e. The highest BCUT2D eigenvalue weighted by molar-refractivity contribution is 9.09. The van der Waals surface area contributed by atoms with Crippen LogP contribution in [-0.2, 0) is 4.79 Å². The largest absolute Gasteiger partial charge is 0.356 e. The van der Waals surface area contributed by atoms with Crippen LogP contribution in [0.5, 0.6) is 0 Å². The lowest BCUT2D eigenvalue weighted by molar-refractivity contribution is -0.122. The maximum Gasteiger partial charge on any atom is 0.223 e. The lowest BCUT2D eigenvalue weighted by Crippen LogP contribution is -2.35. The molecular weight excluding hydrogens is 242 g/mol. The summed E-state index contributed by atoms with van der Waals surface area (Å²) >= 11 is 3.71. The van der Waals surface area contributed by atoms with E-state index >= 15 is 0 Å². The zero-order chi connectivity index (χ0) is 9.97. The molecule has 2 aliphatic carbocycles. The highest BCUT2D eigenvalue weighted by atomic mass is 79.9. The number of alkyl halides is 1. The minimum absolute atomic E-state index is 0.287. The van der Waals surface area contributed by atoms with E-state index in [1.807, 2.05) is 0 Å². The fourth-order valence-electron chi connectivity index (χ4n) is 2.11. The third kappa shape index (κ3) is 2.72. The molecule has 0 aliphatic heterocycles. The van der Waals surface area contributed by atoms with Crippen LogP contribution in [0.15, 0.2) is 0 Å². The normalized spacial score (nSPS) is 32.6. The Morgan fingerprint density at radius 3 is 2.57 bits per heavy atom. The van der Waals surface area contributed by atoms with Gasteiger partial charge in [0.05, 0.1) is 0 Å². The number of rotatable bonds is 3. The molecule has 2 fully saturated rings. The molecule has 80 valence electrons. The quantitative estimate of drug-likeness (QED) is 0.776. The monoisotopic (exact) mass is 259 g/mol. The van der Waals surface area contributed by atoms with E-state index in [1.165, 1.54) is 25.7 Å². The SMILES string of the molecule is O=C(NCC1CCCCC1Br)C1CC1. The first kappa shape index (κ1) is 10.5. The van der Waals surface area contributed by atoms with Gasteiger partial charge < -0.3 is 5.32 Å². The van der Waals surface area contributed by atoms with Gasteiger partial charge in [0.1, 0.15) is 0 Å². The molecule has 1 N–H and O–H groups in total. The van der Waals surface area contributed by atoms with E-state index in [0.717, 1.165) is 19.4 Å². The molecule has 14 heavy (non-hydrogen) atoms. The van der Waals surface area contributed by atoms with E-state index in [-0.39, 0.29) is 5.91 Å². The van der Waals surface area contributed by atoms with Crippen molar-refractivity contribution in [2.45, 2.75) is 43.4 Å². The Hall–Kier alpha value is -0.0500. The summed E-state index contributed by atoms with van der Waals surface area (Å²) in [4.78, 5) is 12.0. The fourth-order valence-corrected chi connectivity index (χ4v) is 2.89. The first-order valence-corrected chi connectivity index (χ1v) is 6.60. The second kappa shape index (κ2) is 4.65. The Morgan fingerprint density at radius 2 is 1.93 bits per heavy atom. The maximum atomic E-state index is 11.4. The van der Waals surface area contributed by atoms with Gasteiger partial charge in [0.2, 0.25) is 5.91 Å². The molecule has 2 nitrogen and oxygen atoms in total. The molecule has 2 aliphatic rings. The summed E-state index contributed by atoms with van der Waals surface area (Å²) in [6.07, 6.45) is 7.41. The zero-order valence-corrected chi connectivity index (χ0v) is 10.1. The van der Waals surface area contributed by atoms with Gasteiger partial charge in [-0.05, 0) is 31.6 Å². The highest BCUT2D eigenvalue weighted by Gasteiger charge is 2.30. The van der Waals surface area contributed by atoms with E-state index in [9.17, 15) is 4.79 Å². The molecule has 2 atom stereocenters. The molecule has 0 aromatic carbocycles. The predicted octanol–water partition coefficient (Wildman–Crippen LogP) is 2.47. The summed E-state index contributed by atoms with van der Waals surface area (Å²) in [6.45, 7) is 0.880. The Labute approximate surface area is 94.0 Å². The summed E-state index contributed by atoms with van der Waals surface area (Å²) < 4.78 is 0. The van der Waals surface area contributed by atoms with Crippen molar-refractivity contribution < 1.29 is 4.79 Å². The molecule has 0 aromatic rings. The van der Waals surface area contributed by atoms with E-state index in [1.54, 1.807) is 0 Å². The number of hydrogen-bond acceptors (Lipinski definition) is 1. The van der Waals surface area contributed by atoms with Gasteiger partial charge in [-0.25, -0.2) is 0 Å². The number of carbonyl (C=O) groups excluding carboxylic acids is 1. The van der Waals surface area contributed by atoms with Crippen LogP contribution in [0.3, 0.4) is 0 Å². The van der Waals surface area contributed by atoms with Crippen LogP contribution in [-0.4, -0.2) is 17.3 Å². The van der Waals surface area contributed by atoms with Crippen molar-refractivity contribution in [2.75, 3.05) is 6.54 Å². The van der Waals surface area contributed by atoms with Gasteiger partial charge in [-0.2, -0.15) is 0 Å². The standard InChI is InChI=1S/C11H18BrNO/c12-10-4-2-1-3-9(10)7-13-11(14)8-5-6-8/h8-10H,1-7H2,(H,13,14). The molecule has 0 heterocycles. The third-order valence-corrected chi connectivity index (χ3v) is 4.51. The highest BCUT2D eigenvalue weighted by Crippen LogP contribution is 2.31. The number of halogens is 1. The summed E-state index contributed by atoms with van der Waals surface area (Å²) in [7, 11) is 0. The summed E-state index contributed by atoms with van der Waals surface area (Å²) in [5.41, 5.74) is 0. The molecule has 1 amide bonds. The van der Waals surface area contributed by atoms with Gasteiger partial charge in [-0.3, -0.25) is 4.79 Å². The molecular formula is C11H18BrNO. The average Bonchev–Trinajstić information content (AvgIpc) is 2.99. The zero-order valence-electron chi connectivity index (χ0n) is 8.47. The van der Waals surface area contributed by atoms with Crippen molar-refractivity contribution in [3.63, 3.8) is 0 Å². The maximum absolute atomic E-state index is 11.4. The molecule has 2 rings (SSSR count). The van der Waals surface area contributed by atoms with Crippen LogP contribution in [0.4, 0.5) is 0 Å². The van der Waals surface area contributed by atoms with Crippen LogP contribution in [0.1, 0.15) is 38.5 Å². The summed E-state index contributed by atoms with van der Waals surface area (Å²) in [5.74, 6) is 1.30. The number of amides is 1. The molecule has 0 saturated heterocycles. The fraction of sp³-hybridized carbons (Fsp3) is 0.909. The van der Waals surface area contributed by atoms with Crippen LogP contribution in [0.2, 0.25) is 0 Å². The second-order valence-electron chi connectivity index (χ2n) is 4.58. The molecule has 0 spiro atoms. The first-order valence-electron chi connectivity index (χ1n) is 5.69. The second-order valence-corrected chi connectivity index (χ2v) is 5.76. The van der Waals surface area contributed by atoms with Crippen LogP contribution in [0, 0.1) is 11.8 Å². The Morgan fingerprint density at radius 1 is 1.21 bits per heavy atom. The molecule has 2 unspecified atom stereocenters. The van der Waals surface area contributed by atoms with Gasteiger partial charge in [0, 0.05) is 17.3 Å². The van der Waals surface area contributed by atoms with Crippen LogP contribution in [0.25, 0.3) is 0 Å². The van der Waals surface area contributed by atoms with E-state index in [0.29, 0.717) is 16.7 Å². The van der Waals surface area contributed by atoms with Crippen molar-refractivity contribution in [1.82, 2.24) is 5.32 Å². The van der Waals surface area contributed by atoms with Gasteiger partial charge >= 0.3 is 0 Å². The lowest BCUT2D eigenvalue weighted by Gasteiger charge is -2.27. The van der Waals surface area contributed by atoms with Gasteiger partial charge in [0.15, 0.2) is 0 Å². The van der Waals surface area contributed by atoms with Crippen molar-refractivity contribution in [3.8, 4) is 0 Å². The lowest BCUT2D eigenvalue weighted by atomic mass is 9.89. The Bertz CT molecular complexity index is 215. The molecule has 0 aromatic heterocycles. The predicted molar refractivity (Wildman–Crippen MR) is 60.4 cm³/mol. The summed E-state index contributed by atoms with van der Waals surface area (Å²) in [6, 6.07) is 0.